The maximum atomic E-state index is 12.7. The molecule has 1 fully saturated rings. The summed E-state index contributed by atoms with van der Waals surface area (Å²) in [6.07, 6.45) is 2.71. The molecule has 1 aliphatic rings. The van der Waals surface area contributed by atoms with E-state index in [1.165, 1.54) is 0 Å². The summed E-state index contributed by atoms with van der Waals surface area (Å²) < 4.78 is 7.29. The van der Waals surface area contributed by atoms with Gasteiger partial charge in [0.1, 0.15) is 5.75 Å². The Morgan fingerprint density at radius 3 is 2.40 bits per heavy atom. The normalized spacial score (nSPS) is 14.6. The van der Waals surface area contributed by atoms with E-state index in [0.29, 0.717) is 38.1 Å². The van der Waals surface area contributed by atoms with Crippen LogP contribution in [0.2, 0.25) is 0 Å². The Bertz CT molecular complexity index is 881. The van der Waals surface area contributed by atoms with Crippen molar-refractivity contribution in [3.05, 3.63) is 46.8 Å². The number of rotatable bonds is 7. The van der Waals surface area contributed by atoms with E-state index in [4.69, 9.17) is 4.74 Å². The van der Waals surface area contributed by atoms with Crippen molar-refractivity contribution in [3.8, 4) is 5.75 Å². The maximum Gasteiger partial charge on any atom is 0.253 e. The first-order chi connectivity index (χ1) is 14.4. The van der Waals surface area contributed by atoms with E-state index in [-0.39, 0.29) is 17.9 Å². The largest absolute Gasteiger partial charge is 0.494 e. The van der Waals surface area contributed by atoms with Gasteiger partial charge in [-0.25, -0.2) is 0 Å². The highest BCUT2D eigenvalue weighted by molar-refractivity contribution is 5.94. The quantitative estimate of drug-likeness (QED) is 0.759. The van der Waals surface area contributed by atoms with Crippen LogP contribution in [0.1, 0.15) is 53.5 Å². The first kappa shape index (κ1) is 21.9. The van der Waals surface area contributed by atoms with E-state index in [0.717, 1.165) is 35.5 Å². The first-order valence-corrected chi connectivity index (χ1v) is 10.7. The molecule has 2 heterocycles. The van der Waals surface area contributed by atoms with Gasteiger partial charge in [-0.1, -0.05) is 0 Å². The average Bonchev–Trinajstić information content (AvgIpc) is 2.98. The van der Waals surface area contributed by atoms with Crippen LogP contribution in [0.25, 0.3) is 0 Å². The van der Waals surface area contributed by atoms with Gasteiger partial charge < -0.3 is 15.0 Å². The van der Waals surface area contributed by atoms with Crippen LogP contribution in [-0.4, -0.2) is 52.2 Å². The lowest BCUT2D eigenvalue weighted by atomic mass is 10.0. The van der Waals surface area contributed by atoms with Gasteiger partial charge in [-0.05, 0) is 69.9 Å². The van der Waals surface area contributed by atoms with Crippen LogP contribution >= 0.6 is 0 Å². The summed E-state index contributed by atoms with van der Waals surface area (Å²) in [5.41, 5.74) is 3.93. The Hall–Kier alpha value is -2.83. The zero-order valence-corrected chi connectivity index (χ0v) is 18.4. The minimum absolute atomic E-state index is 0.0327. The van der Waals surface area contributed by atoms with Crippen LogP contribution in [0.4, 0.5) is 0 Å². The van der Waals surface area contributed by atoms with Gasteiger partial charge in [0.15, 0.2) is 0 Å². The predicted molar refractivity (Wildman–Crippen MR) is 116 cm³/mol. The summed E-state index contributed by atoms with van der Waals surface area (Å²) in [5, 5.41) is 7.54. The SMILES string of the molecule is CCOc1ccc(C(=O)N2CCC(NC(=O)CCc3c(C)nn(C)c3C)CC2)cc1. The summed E-state index contributed by atoms with van der Waals surface area (Å²) in [5.74, 6) is 0.867. The number of benzene rings is 1. The van der Waals surface area contributed by atoms with Crippen LogP contribution in [0.3, 0.4) is 0 Å². The topological polar surface area (TPSA) is 76.5 Å². The molecule has 3 rings (SSSR count). The molecule has 1 aliphatic heterocycles. The third-order valence-electron chi connectivity index (χ3n) is 5.82. The number of carbonyl (C=O) groups is 2. The van der Waals surface area contributed by atoms with Crippen molar-refractivity contribution in [2.75, 3.05) is 19.7 Å². The van der Waals surface area contributed by atoms with Crippen molar-refractivity contribution >= 4 is 11.8 Å². The van der Waals surface area contributed by atoms with E-state index in [2.05, 4.69) is 10.4 Å². The molecule has 1 aromatic carbocycles. The molecule has 1 aromatic heterocycles. The summed E-state index contributed by atoms with van der Waals surface area (Å²) in [6.45, 7) is 7.86. The van der Waals surface area contributed by atoms with Gasteiger partial charge in [0.25, 0.3) is 5.91 Å². The van der Waals surface area contributed by atoms with Crippen molar-refractivity contribution in [3.63, 3.8) is 0 Å². The van der Waals surface area contributed by atoms with Crippen LogP contribution in [-0.2, 0) is 18.3 Å². The van der Waals surface area contributed by atoms with Gasteiger partial charge >= 0.3 is 0 Å². The Morgan fingerprint density at radius 2 is 1.83 bits per heavy atom. The molecule has 0 atom stereocenters. The van der Waals surface area contributed by atoms with Gasteiger partial charge in [0.05, 0.1) is 12.3 Å². The number of likely N-dealkylation sites (tertiary alicyclic amines) is 1. The molecule has 0 saturated carbocycles. The van der Waals surface area contributed by atoms with E-state index in [1.807, 2.05) is 61.7 Å². The second-order valence-electron chi connectivity index (χ2n) is 7.86. The van der Waals surface area contributed by atoms with E-state index >= 15 is 0 Å². The number of aryl methyl sites for hydroxylation is 2. The Kier molecular flexibility index (Phi) is 7.13. The number of amides is 2. The van der Waals surface area contributed by atoms with Crippen molar-refractivity contribution in [1.82, 2.24) is 20.0 Å². The molecule has 0 bridgehead atoms. The van der Waals surface area contributed by atoms with Crippen molar-refractivity contribution < 1.29 is 14.3 Å². The molecule has 0 spiro atoms. The number of aromatic nitrogens is 2. The molecule has 7 nitrogen and oxygen atoms in total. The second kappa shape index (κ2) is 9.78. The Labute approximate surface area is 178 Å². The average molecular weight is 413 g/mol. The highest BCUT2D eigenvalue weighted by atomic mass is 16.5. The van der Waals surface area contributed by atoms with Gasteiger partial charge in [-0.15, -0.1) is 0 Å². The summed E-state index contributed by atoms with van der Waals surface area (Å²) in [6, 6.07) is 7.40. The lowest BCUT2D eigenvalue weighted by Gasteiger charge is -2.32. The van der Waals surface area contributed by atoms with Crippen molar-refractivity contribution in [2.24, 2.45) is 7.05 Å². The highest BCUT2D eigenvalue weighted by Gasteiger charge is 2.24. The molecule has 7 heteroatoms. The molecule has 0 aliphatic carbocycles. The minimum Gasteiger partial charge on any atom is -0.494 e. The van der Waals surface area contributed by atoms with Gasteiger partial charge in [-0.2, -0.15) is 5.10 Å². The molecule has 1 N–H and O–H groups in total. The lowest BCUT2D eigenvalue weighted by molar-refractivity contribution is -0.122. The molecule has 2 aromatic rings. The summed E-state index contributed by atoms with van der Waals surface area (Å²) in [4.78, 5) is 27.0. The maximum absolute atomic E-state index is 12.7. The van der Waals surface area contributed by atoms with Crippen molar-refractivity contribution in [2.45, 2.75) is 52.5 Å². The van der Waals surface area contributed by atoms with Crippen LogP contribution in [0, 0.1) is 13.8 Å². The molecule has 30 heavy (non-hydrogen) atoms. The van der Waals surface area contributed by atoms with Gasteiger partial charge in [-0.3, -0.25) is 14.3 Å². The van der Waals surface area contributed by atoms with Gasteiger partial charge in [0, 0.05) is 43.9 Å². The monoisotopic (exact) mass is 412 g/mol. The van der Waals surface area contributed by atoms with Crippen LogP contribution in [0.15, 0.2) is 24.3 Å². The van der Waals surface area contributed by atoms with E-state index < -0.39 is 0 Å². The number of carbonyl (C=O) groups excluding carboxylic acids is 2. The number of ether oxygens (including phenoxy) is 1. The fourth-order valence-corrected chi connectivity index (χ4v) is 3.99. The molecular formula is C23H32N4O3. The number of nitrogens with one attached hydrogen (secondary N) is 1. The molecular weight excluding hydrogens is 380 g/mol. The zero-order chi connectivity index (χ0) is 21.7. The molecule has 1 saturated heterocycles. The molecule has 0 radical (unpaired) electrons. The fraction of sp³-hybridized carbons (Fsp3) is 0.522. The third kappa shape index (κ3) is 5.20. The third-order valence-corrected chi connectivity index (χ3v) is 5.82. The number of hydrogen-bond donors (Lipinski definition) is 1. The Balaban J connectivity index is 1.44. The number of nitrogens with zero attached hydrogens (tertiary/aromatic N) is 3. The van der Waals surface area contributed by atoms with Gasteiger partial charge in [0.2, 0.25) is 5.91 Å². The minimum atomic E-state index is 0.0327. The van der Waals surface area contributed by atoms with Crippen LogP contribution < -0.4 is 10.1 Å². The molecule has 0 unspecified atom stereocenters. The van der Waals surface area contributed by atoms with Crippen LogP contribution in [0.5, 0.6) is 5.75 Å². The smallest absolute Gasteiger partial charge is 0.253 e. The Morgan fingerprint density at radius 1 is 1.17 bits per heavy atom. The number of piperidine rings is 1. The highest BCUT2D eigenvalue weighted by Crippen LogP contribution is 2.18. The molecule has 162 valence electrons. The summed E-state index contributed by atoms with van der Waals surface area (Å²) in [7, 11) is 1.92. The lowest BCUT2D eigenvalue weighted by Crippen LogP contribution is -2.46. The molecule has 2 amide bonds. The standard InChI is InChI=1S/C23H32N4O3/c1-5-30-20-8-6-18(7-9-20)23(29)27-14-12-19(13-15-27)24-22(28)11-10-21-16(2)25-26(4)17(21)3/h6-9,19H,5,10-15H2,1-4H3,(H,24,28). The van der Waals surface area contributed by atoms with Crippen molar-refractivity contribution in [1.29, 1.82) is 0 Å². The van der Waals surface area contributed by atoms with E-state index in [1.54, 1.807) is 0 Å². The van der Waals surface area contributed by atoms with E-state index in [9.17, 15) is 9.59 Å². The number of hydrogen-bond acceptors (Lipinski definition) is 4. The first-order valence-electron chi connectivity index (χ1n) is 10.7. The zero-order valence-electron chi connectivity index (χ0n) is 18.4. The fourth-order valence-electron chi connectivity index (χ4n) is 3.99. The second-order valence-corrected chi connectivity index (χ2v) is 7.86. The predicted octanol–water partition coefficient (Wildman–Crippen LogP) is 2.79. The summed E-state index contributed by atoms with van der Waals surface area (Å²) >= 11 is 0.